The van der Waals surface area contributed by atoms with E-state index in [1.54, 1.807) is 19.1 Å². The first kappa shape index (κ1) is 24.5. The first-order valence-corrected chi connectivity index (χ1v) is 12.9. The molecular formula is C29H38O6. The van der Waals surface area contributed by atoms with Gasteiger partial charge in [0.1, 0.15) is 0 Å². The number of carboxylic acid groups (broad SMARTS) is 1. The molecule has 35 heavy (non-hydrogen) atoms. The zero-order chi connectivity index (χ0) is 25.9. The van der Waals surface area contributed by atoms with Gasteiger partial charge >= 0.3 is 5.97 Å². The van der Waals surface area contributed by atoms with E-state index in [4.69, 9.17) is 0 Å². The van der Waals surface area contributed by atoms with Crippen molar-refractivity contribution < 1.29 is 29.7 Å². The number of aliphatic hydroxyl groups is 2. The van der Waals surface area contributed by atoms with Crippen LogP contribution in [0.3, 0.4) is 0 Å². The molecule has 0 radical (unpaired) electrons. The molecule has 0 aromatic carbocycles. The van der Waals surface area contributed by atoms with E-state index < -0.39 is 51.0 Å². The molecule has 6 nitrogen and oxygen atoms in total. The molecule has 0 aliphatic heterocycles. The maximum absolute atomic E-state index is 14.1. The highest BCUT2D eigenvalue weighted by Gasteiger charge is 2.70. The van der Waals surface area contributed by atoms with Crippen LogP contribution in [-0.4, -0.2) is 39.0 Å². The van der Waals surface area contributed by atoms with Gasteiger partial charge in [0.2, 0.25) is 5.78 Å². The van der Waals surface area contributed by atoms with E-state index in [2.05, 4.69) is 13.8 Å². The van der Waals surface area contributed by atoms with Crippen LogP contribution in [0.1, 0.15) is 80.1 Å². The molecule has 3 fully saturated rings. The van der Waals surface area contributed by atoms with Crippen LogP contribution in [0.4, 0.5) is 0 Å². The predicted octanol–water partition coefficient (Wildman–Crippen LogP) is 4.93. The van der Waals surface area contributed by atoms with Gasteiger partial charge in [-0.3, -0.25) is 14.4 Å². The van der Waals surface area contributed by atoms with Gasteiger partial charge in [0.15, 0.2) is 11.5 Å². The van der Waals surface area contributed by atoms with Crippen LogP contribution in [0.5, 0.6) is 0 Å². The summed E-state index contributed by atoms with van der Waals surface area (Å²) in [6.45, 7) is 12.0. The quantitative estimate of drug-likeness (QED) is 0.489. The average Bonchev–Trinajstić information content (AvgIpc) is 2.75. The number of ketones is 2. The number of rotatable bonds is 1. The molecule has 0 aromatic rings. The highest BCUT2D eigenvalue weighted by Crippen LogP contribution is 2.73. The van der Waals surface area contributed by atoms with Crippen molar-refractivity contribution in [3.63, 3.8) is 0 Å². The van der Waals surface area contributed by atoms with E-state index in [1.165, 1.54) is 0 Å². The first-order chi connectivity index (χ1) is 16.1. The number of aliphatic hydroxyl groups excluding tert-OH is 2. The molecule has 6 heteroatoms. The van der Waals surface area contributed by atoms with Gasteiger partial charge in [0.25, 0.3) is 0 Å². The van der Waals surface area contributed by atoms with Crippen LogP contribution in [0.25, 0.3) is 0 Å². The Hall–Kier alpha value is -2.21. The number of carboxylic acids is 1. The summed E-state index contributed by atoms with van der Waals surface area (Å²) in [6.07, 6.45) is 5.91. The lowest BCUT2D eigenvalue weighted by molar-refractivity contribution is -0.183. The Morgan fingerprint density at radius 3 is 2.26 bits per heavy atom. The molecule has 190 valence electrons. The zero-order valence-corrected chi connectivity index (χ0v) is 21.7. The van der Waals surface area contributed by atoms with E-state index in [1.807, 2.05) is 20.8 Å². The number of carbonyl (C=O) groups excluding carboxylic acids is 2. The molecule has 5 aliphatic carbocycles. The van der Waals surface area contributed by atoms with Gasteiger partial charge in [-0.2, -0.15) is 0 Å². The summed E-state index contributed by atoms with van der Waals surface area (Å²) in [5, 5.41) is 32.5. The number of hydrogen-bond acceptors (Lipinski definition) is 5. The van der Waals surface area contributed by atoms with Gasteiger partial charge in [0.05, 0.1) is 11.5 Å². The number of fused-ring (bicyclic) bond motifs is 7. The van der Waals surface area contributed by atoms with E-state index in [-0.39, 0.29) is 17.3 Å². The van der Waals surface area contributed by atoms with Crippen molar-refractivity contribution in [3.8, 4) is 0 Å². The molecule has 3 N–H and O–H groups in total. The number of aliphatic carboxylic acids is 1. The Labute approximate surface area is 207 Å². The number of allylic oxidation sites excluding steroid dienone is 4. The Balaban J connectivity index is 1.73. The second-order valence-electron chi connectivity index (χ2n) is 13.3. The Morgan fingerprint density at radius 1 is 1.00 bits per heavy atom. The Bertz CT molecular complexity index is 1160. The minimum Gasteiger partial charge on any atom is -0.504 e. The summed E-state index contributed by atoms with van der Waals surface area (Å²) in [6, 6.07) is 0. The van der Waals surface area contributed by atoms with Gasteiger partial charge in [-0.25, -0.2) is 0 Å². The fraction of sp³-hybridized carbons (Fsp3) is 0.690. The predicted molar refractivity (Wildman–Crippen MR) is 130 cm³/mol. The zero-order valence-electron chi connectivity index (χ0n) is 21.7. The third-order valence-corrected chi connectivity index (χ3v) is 11.5. The molecule has 7 atom stereocenters. The smallest absolute Gasteiger partial charge is 0.310 e. The SMILES string of the molecule is CC1=C2CC[C@]3(C)[C@H](C(=O)C=C4[C@@H]5[C@@H](O)C(C)(C)CC[C@]5(C(=O)O)CC[C@]43C)[C@@]2(C)C=C(O)C1=O. The van der Waals surface area contributed by atoms with Crippen LogP contribution in [0.2, 0.25) is 0 Å². The van der Waals surface area contributed by atoms with Crippen molar-refractivity contribution in [2.45, 2.75) is 86.2 Å². The normalized spacial score (nSPS) is 46.5. The van der Waals surface area contributed by atoms with Crippen molar-refractivity contribution in [2.24, 2.45) is 38.9 Å². The van der Waals surface area contributed by atoms with E-state index in [0.29, 0.717) is 44.1 Å². The van der Waals surface area contributed by atoms with E-state index in [9.17, 15) is 29.7 Å². The summed E-state index contributed by atoms with van der Waals surface area (Å²) in [5.41, 5.74) is -1.07. The lowest BCUT2D eigenvalue weighted by Crippen LogP contribution is -2.65. The monoisotopic (exact) mass is 482 g/mol. The fourth-order valence-electron chi connectivity index (χ4n) is 9.04. The molecule has 0 unspecified atom stereocenters. The average molecular weight is 483 g/mol. The lowest BCUT2D eigenvalue weighted by atomic mass is 9.35. The second-order valence-corrected chi connectivity index (χ2v) is 13.3. The molecule has 0 aromatic heterocycles. The molecular weight excluding hydrogens is 444 g/mol. The van der Waals surface area contributed by atoms with Crippen LogP contribution >= 0.6 is 0 Å². The Morgan fingerprint density at radius 2 is 1.63 bits per heavy atom. The standard InChI is InChI=1S/C29H38O6/c1-15-16-7-8-28(6)22(26(16,4)14-19(31)21(15)32)18(30)13-17-20-23(33)25(2,3)9-11-29(20,24(34)35)12-10-27(17,28)5/h13-14,20,22-23,31,33H,7-12H2,1-6H3,(H,34,35)/t20-,22-,23-,26+,27-,28-,29+/m1/s1. The second kappa shape index (κ2) is 6.96. The Kier molecular flexibility index (Phi) is 4.87. The van der Waals surface area contributed by atoms with Gasteiger partial charge in [-0.1, -0.05) is 45.8 Å². The maximum atomic E-state index is 14.1. The van der Waals surface area contributed by atoms with E-state index in [0.717, 1.165) is 11.1 Å². The van der Waals surface area contributed by atoms with Crippen molar-refractivity contribution in [2.75, 3.05) is 0 Å². The molecule has 5 aliphatic rings. The number of hydrogen-bond donors (Lipinski definition) is 3. The van der Waals surface area contributed by atoms with Crippen LogP contribution < -0.4 is 0 Å². The number of Topliss-reactive ketones (excluding diaryl/α,β-unsaturated/α-hetero) is 1. The molecule has 5 rings (SSSR count). The van der Waals surface area contributed by atoms with Gasteiger partial charge in [0, 0.05) is 22.8 Å². The summed E-state index contributed by atoms with van der Waals surface area (Å²) >= 11 is 0. The summed E-state index contributed by atoms with van der Waals surface area (Å²) in [7, 11) is 0. The first-order valence-electron chi connectivity index (χ1n) is 12.9. The molecule has 0 heterocycles. The van der Waals surface area contributed by atoms with E-state index >= 15 is 0 Å². The molecule has 3 saturated carbocycles. The molecule has 0 amide bonds. The largest absolute Gasteiger partial charge is 0.504 e. The summed E-state index contributed by atoms with van der Waals surface area (Å²) in [4.78, 5) is 39.3. The van der Waals surface area contributed by atoms with Gasteiger partial charge in [-0.05, 0) is 73.8 Å². The van der Waals surface area contributed by atoms with Crippen molar-refractivity contribution in [1.82, 2.24) is 0 Å². The number of carbonyl (C=O) groups is 3. The molecule has 0 bridgehead atoms. The van der Waals surface area contributed by atoms with Crippen molar-refractivity contribution in [3.05, 3.63) is 34.6 Å². The maximum Gasteiger partial charge on any atom is 0.310 e. The van der Waals surface area contributed by atoms with Crippen molar-refractivity contribution in [1.29, 1.82) is 0 Å². The molecule has 0 saturated heterocycles. The third-order valence-electron chi connectivity index (χ3n) is 11.5. The van der Waals surface area contributed by atoms with Crippen molar-refractivity contribution >= 4 is 17.5 Å². The van der Waals surface area contributed by atoms with Gasteiger partial charge < -0.3 is 15.3 Å². The minimum absolute atomic E-state index is 0.0948. The summed E-state index contributed by atoms with van der Waals surface area (Å²) in [5.74, 6) is -2.75. The highest BCUT2D eigenvalue weighted by molar-refractivity contribution is 6.08. The molecule has 0 spiro atoms. The fourth-order valence-corrected chi connectivity index (χ4v) is 9.04. The third kappa shape index (κ3) is 2.72. The lowest BCUT2D eigenvalue weighted by Gasteiger charge is -2.67. The minimum atomic E-state index is -1.07. The topological polar surface area (TPSA) is 112 Å². The van der Waals surface area contributed by atoms with Gasteiger partial charge in [-0.15, -0.1) is 0 Å². The van der Waals surface area contributed by atoms with Crippen LogP contribution in [0.15, 0.2) is 34.6 Å². The van der Waals surface area contributed by atoms with Crippen LogP contribution in [-0.2, 0) is 14.4 Å². The highest BCUT2D eigenvalue weighted by atomic mass is 16.4. The van der Waals surface area contributed by atoms with Crippen LogP contribution in [0, 0.1) is 38.9 Å². The summed E-state index contributed by atoms with van der Waals surface area (Å²) < 4.78 is 0.